The van der Waals surface area contributed by atoms with Crippen molar-refractivity contribution in [3.63, 3.8) is 0 Å². The monoisotopic (exact) mass is 380 g/mol. The van der Waals surface area contributed by atoms with E-state index in [0.29, 0.717) is 5.92 Å². The van der Waals surface area contributed by atoms with E-state index in [9.17, 15) is 9.90 Å². The van der Waals surface area contributed by atoms with E-state index >= 15 is 0 Å². The minimum Gasteiger partial charge on any atom is -0.481 e. The molecule has 0 saturated heterocycles. The number of hydrogen-bond acceptors (Lipinski definition) is 1. The molecule has 0 aromatic heterocycles. The summed E-state index contributed by atoms with van der Waals surface area (Å²) in [7, 11) is 0. The van der Waals surface area contributed by atoms with Crippen LogP contribution in [0.5, 0.6) is 0 Å². The second-order valence-electron chi connectivity index (χ2n) is 8.06. The van der Waals surface area contributed by atoms with Gasteiger partial charge >= 0.3 is 5.97 Å². The Morgan fingerprint density at radius 1 is 0.893 bits per heavy atom. The highest BCUT2D eigenvalue weighted by Gasteiger charge is 2.18. The van der Waals surface area contributed by atoms with E-state index in [-0.39, 0.29) is 0 Å². The maximum Gasteiger partial charge on any atom is 0.310 e. The number of unbranched alkanes of at least 4 members (excludes halogenated alkanes) is 4. The molecule has 28 heavy (non-hydrogen) atoms. The summed E-state index contributed by atoms with van der Waals surface area (Å²) in [5.41, 5.74) is 3.58. The van der Waals surface area contributed by atoms with E-state index in [1.54, 1.807) is 6.92 Å². The summed E-state index contributed by atoms with van der Waals surface area (Å²) < 4.78 is 0. The van der Waals surface area contributed by atoms with Gasteiger partial charge in [-0.3, -0.25) is 4.79 Å². The summed E-state index contributed by atoms with van der Waals surface area (Å²) in [4.78, 5) is 11.5. The van der Waals surface area contributed by atoms with Crippen molar-refractivity contribution in [3.05, 3.63) is 71.3 Å². The Bertz CT molecular complexity index is 693. The predicted octanol–water partition coefficient (Wildman–Crippen LogP) is 7.03. The van der Waals surface area contributed by atoms with Crippen LogP contribution in [0.3, 0.4) is 0 Å². The van der Waals surface area contributed by atoms with Gasteiger partial charge in [0.25, 0.3) is 0 Å². The van der Waals surface area contributed by atoms with Gasteiger partial charge in [0, 0.05) is 0 Å². The minimum absolute atomic E-state index is 0.446. The maximum atomic E-state index is 11.5. The Hall–Kier alpha value is -2.09. The van der Waals surface area contributed by atoms with Crippen molar-refractivity contribution >= 4 is 5.97 Å². The predicted molar refractivity (Wildman–Crippen MR) is 118 cm³/mol. The van der Waals surface area contributed by atoms with Gasteiger partial charge in [-0.25, -0.2) is 0 Å². The van der Waals surface area contributed by atoms with Crippen LogP contribution in [0.1, 0.15) is 81.4 Å². The molecule has 2 aromatic carbocycles. The SMILES string of the molecule is CCCCCCCC(CCc1ccccc1C(C)C(=O)O)Cc1ccccc1. The number of carbonyl (C=O) groups is 1. The molecule has 0 saturated carbocycles. The molecule has 0 bridgehead atoms. The first-order valence-electron chi connectivity index (χ1n) is 11.0. The lowest BCUT2D eigenvalue weighted by atomic mass is 9.86. The molecular formula is C26H36O2. The Balaban J connectivity index is 2.00. The summed E-state index contributed by atoms with van der Waals surface area (Å²) in [6.07, 6.45) is 11.0. The highest BCUT2D eigenvalue weighted by Crippen LogP contribution is 2.26. The molecule has 0 fully saturated rings. The molecule has 2 aromatic rings. The van der Waals surface area contributed by atoms with Crippen LogP contribution < -0.4 is 0 Å². The normalized spacial score (nSPS) is 13.2. The van der Waals surface area contributed by atoms with Crippen LogP contribution in [-0.4, -0.2) is 11.1 Å². The third-order valence-corrected chi connectivity index (χ3v) is 5.80. The van der Waals surface area contributed by atoms with Crippen molar-refractivity contribution in [1.29, 1.82) is 0 Å². The van der Waals surface area contributed by atoms with Gasteiger partial charge in [0.2, 0.25) is 0 Å². The Labute approximate surface area is 171 Å². The molecule has 0 amide bonds. The summed E-state index contributed by atoms with van der Waals surface area (Å²) in [5, 5.41) is 9.42. The third-order valence-electron chi connectivity index (χ3n) is 5.80. The lowest BCUT2D eigenvalue weighted by Crippen LogP contribution is -2.12. The number of benzene rings is 2. The maximum absolute atomic E-state index is 11.5. The van der Waals surface area contributed by atoms with Crippen LogP contribution in [0, 0.1) is 5.92 Å². The van der Waals surface area contributed by atoms with Gasteiger partial charge in [-0.15, -0.1) is 0 Å². The number of carboxylic acids is 1. The molecule has 1 N–H and O–H groups in total. The number of rotatable bonds is 13. The number of aliphatic carboxylic acids is 1. The quantitative estimate of drug-likeness (QED) is 0.379. The van der Waals surface area contributed by atoms with Crippen LogP contribution in [-0.2, 0) is 17.6 Å². The van der Waals surface area contributed by atoms with E-state index in [1.807, 2.05) is 18.2 Å². The minimum atomic E-state index is -0.746. The van der Waals surface area contributed by atoms with Crippen molar-refractivity contribution < 1.29 is 9.90 Å². The van der Waals surface area contributed by atoms with Crippen LogP contribution in [0.4, 0.5) is 0 Å². The van der Waals surface area contributed by atoms with Crippen molar-refractivity contribution in [3.8, 4) is 0 Å². The van der Waals surface area contributed by atoms with E-state index in [1.165, 1.54) is 49.7 Å². The highest BCUT2D eigenvalue weighted by atomic mass is 16.4. The van der Waals surface area contributed by atoms with Gasteiger partial charge in [0.15, 0.2) is 0 Å². The number of carboxylic acid groups (broad SMARTS) is 1. The highest BCUT2D eigenvalue weighted by molar-refractivity contribution is 5.76. The first-order valence-corrected chi connectivity index (χ1v) is 11.0. The molecule has 0 radical (unpaired) electrons. The number of hydrogen-bond donors (Lipinski definition) is 1. The van der Waals surface area contributed by atoms with Crippen molar-refractivity contribution in [1.82, 2.24) is 0 Å². The summed E-state index contributed by atoms with van der Waals surface area (Å²) in [6.45, 7) is 4.05. The second-order valence-corrected chi connectivity index (χ2v) is 8.06. The summed E-state index contributed by atoms with van der Waals surface area (Å²) in [5.74, 6) is -0.542. The van der Waals surface area contributed by atoms with Gasteiger partial charge < -0.3 is 5.11 Å². The van der Waals surface area contributed by atoms with Gasteiger partial charge in [0.05, 0.1) is 5.92 Å². The van der Waals surface area contributed by atoms with Crippen LogP contribution in [0.2, 0.25) is 0 Å². The molecule has 0 spiro atoms. The molecule has 2 atom stereocenters. The van der Waals surface area contributed by atoms with E-state index in [0.717, 1.165) is 24.8 Å². The molecule has 2 rings (SSSR count). The molecule has 0 heterocycles. The molecule has 0 aliphatic heterocycles. The molecule has 2 heteroatoms. The van der Waals surface area contributed by atoms with Crippen LogP contribution >= 0.6 is 0 Å². The van der Waals surface area contributed by atoms with Gasteiger partial charge in [-0.1, -0.05) is 100 Å². The van der Waals surface area contributed by atoms with E-state index in [2.05, 4.69) is 43.3 Å². The van der Waals surface area contributed by atoms with Gasteiger partial charge in [-0.2, -0.15) is 0 Å². The summed E-state index contributed by atoms with van der Waals surface area (Å²) in [6, 6.07) is 18.8. The summed E-state index contributed by atoms with van der Waals surface area (Å²) >= 11 is 0. The zero-order valence-electron chi connectivity index (χ0n) is 17.6. The van der Waals surface area contributed by atoms with Crippen molar-refractivity contribution in [2.45, 2.75) is 77.6 Å². The van der Waals surface area contributed by atoms with Crippen molar-refractivity contribution in [2.24, 2.45) is 5.92 Å². The Morgan fingerprint density at radius 3 is 2.29 bits per heavy atom. The lowest BCUT2D eigenvalue weighted by Gasteiger charge is -2.19. The molecule has 152 valence electrons. The standard InChI is InChI=1S/C26H36O2/c1-3-4-5-6-8-15-23(20-22-13-9-7-10-14-22)18-19-24-16-11-12-17-25(24)21(2)26(27)28/h7,9-14,16-17,21,23H,3-6,8,15,18-20H2,1-2H3,(H,27,28). The molecule has 0 aliphatic carbocycles. The van der Waals surface area contributed by atoms with E-state index in [4.69, 9.17) is 0 Å². The molecular weight excluding hydrogens is 344 g/mol. The first-order chi connectivity index (χ1) is 13.6. The molecule has 2 unspecified atom stereocenters. The van der Waals surface area contributed by atoms with Crippen LogP contribution in [0.25, 0.3) is 0 Å². The van der Waals surface area contributed by atoms with Gasteiger partial charge in [-0.05, 0) is 48.8 Å². The lowest BCUT2D eigenvalue weighted by molar-refractivity contribution is -0.138. The third kappa shape index (κ3) is 7.50. The molecule has 0 aliphatic rings. The largest absolute Gasteiger partial charge is 0.481 e. The fourth-order valence-corrected chi connectivity index (χ4v) is 4.01. The molecule has 2 nitrogen and oxygen atoms in total. The fourth-order valence-electron chi connectivity index (χ4n) is 4.01. The van der Waals surface area contributed by atoms with Gasteiger partial charge in [0.1, 0.15) is 0 Å². The zero-order chi connectivity index (χ0) is 20.2. The second kappa shape index (κ2) is 12.4. The first kappa shape index (κ1) is 22.2. The fraction of sp³-hybridized carbons (Fsp3) is 0.500. The number of aryl methyl sites for hydroxylation is 1. The topological polar surface area (TPSA) is 37.3 Å². The van der Waals surface area contributed by atoms with E-state index < -0.39 is 11.9 Å². The zero-order valence-corrected chi connectivity index (χ0v) is 17.6. The smallest absolute Gasteiger partial charge is 0.310 e. The Kier molecular flexibility index (Phi) is 9.82. The Morgan fingerprint density at radius 2 is 1.57 bits per heavy atom. The average Bonchev–Trinajstić information content (AvgIpc) is 2.72. The average molecular weight is 381 g/mol. The van der Waals surface area contributed by atoms with Crippen molar-refractivity contribution in [2.75, 3.05) is 0 Å². The van der Waals surface area contributed by atoms with Crippen LogP contribution in [0.15, 0.2) is 54.6 Å².